The van der Waals surface area contributed by atoms with Crippen LogP contribution in [0.1, 0.15) is 82.0 Å². The van der Waals surface area contributed by atoms with Gasteiger partial charge in [0.2, 0.25) is 0 Å². The van der Waals surface area contributed by atoms with Gasteiger partial charge in [0.25, 0.3) is 0 Å². The number of fused-ring (bicyclic) bond motifs is 3. The van der Waals surface area contributed by atoms with Crippen LogP contribution in [0.25, 0.3) is 0 Å². The Hall–Kier alpha value is -1.14. The molecule has 5 rings (SSSR count). The number of piperidine rings is 3. The SMILES string of the molecule is CC(C)CNC(=S)NCC1CC2CCN1CC2c1cc(C2CCCCC2)nn1C. The monoisotopic (exact) mass is 417 g/mol. The Balaban J connectivity index is 1.34. The van der Waals surface area contributed by atoms with Crippen molar-refractivity contribution in [3.8, 4) is 0 Å². The van der Waals surface area contributed by atoms with Crippen LogP contribution in [0.2, 0.25) is 0 Å². The molecule has 4 fully saturated rings. The maximum atomic E-state index is 5.46. The van der Waals surface area contributed by atoms with Crippen molar-refractivity contribution in [3.63, 3.8) is 0 Å². The molecular weight excluding hydrogens is 378 g/mol. The number of aryl methyl sites for hydroxylation is 1. The molecule has 4 aliphatic rings. The summed E-state index contributed by atoms with van der Waals surface area (Å²) in [6.45, 7) is 8.72. The summed E-state index contributed by atoms with van der Waals surface area (Å²) in [7, 11) is 2.16. The van der Waals surface area contributed by atoms with E-state index < -0.39 is 0 Å². The van der Waals surface area contributed by atoms with Crippen LogP contribution in [0.15, 0.2) is 6.07 Å². The lowest BCUT2D eigenvalue weighted by Gasteiger charge is -2.50. The Kier molecular flexibility index (Phi) is 6.80. The van der Waals surface area contributed by atoms with Gasteiger partial charge in [-0.1, -0.05) is 33.1 Å². The molecule has 2 bridgehead atoms. The maximum Gasteiger partial charge on any atom is 0.166 e. The van der Waals surface area contributed by atoms with Gasteiger partial charge in [0.15, 0.2) is 5.11 Å². The van der Waals surface area contributed by atoms with Gasteiger partial charge in [0.05, 0.1) is 5.69 Å². The van der Waals surface area contributed by atoms with Gasteiger partial charge >= 0.3 is 0 Å². The fraction of sp³-hybridized carbons (Fsp3) is 0.826. The quantitative estimate of drug-likeness (QED) is 0.690. The number of hydrogen-bond donors (Lipinski definition) is 2. The van der Waals surface area contributed by atoms with Crippen LogP contribution >= 0.6 is 12.2 Å². The van der Waals surface area contributed by atoms with Crippen molar-refractivity contribution in [1.82, 2.24) is 25.3 Å². The Morgan fingerprint density at radius 3 is 2.69 bits per heavy atom. The molecule has 1 saturated carbocycles. The van der Waals surface area contributed by atoms with E-state index in [9.17, 15) is 0 Å². The van der Waals surface area contributed by atoms with Crippen LogP contribution in [-0.2, 0) is 7.05 Å². The molecule has 1 aliphatic carbocycles. The lowest BCUT2D eigenvalue weighted by Crippen LogP contribution is -2.56. The second-order valence-corrected chi connectivity index (χ2v) is 10.4. The van der Waals surface area contributed by atoms with E-state index in [1.165, 1.54) is 69.4 Å². The summed E-state index contributed by atoms with van der Waals surface area (Å²) in [5, 5.41) is 12.6. The van der Waals surface area contributed by atoms with Gasteiger partial charge in [-0.25, -0.2) is 0 Å². The summed E-state index contributed by atoms with van der Waals surface area (Å²) >= 11 is 5.46. The first-order valence-corrected chi connectivity index (χ1v) is 12.2. The van der Waals surface area contributed by atoms with Gasteiger partial charge in [0, 0.05) is 50.3 Å². The minimum absolute atomic E-state index is 0.606. The first-order chi connectivity index (χ1) is 14.0. The molecule has 0 spiro atoms. The zero-order chi connectivity index (χ0) is 20.4. The summed E-state index contributed by atoms with van der Waals surface area (Å²) < 4.78 is 2.20. The normalized spacial score (nSPS) is 29.9. The Morgan fingerprint density at radius 2 is 2.00 bits per heavy atom. The molecule has 162 valence electrons. The largest absolute Gasteiger partial charge is 0.362 e. The second-order valence-electron chi connectivity index (χ2n) is 9.98. The molecule has 0 aromatic carbocycles. The highest BCUT2D eigenvalue weighted by Gasteiger charge is 2.42. The highest BCUT2D eigenvalue weighted by molar-refractivity contribution is 7.80. The van der Waals surface area contributed by atoms with E-state index in [1.54, 1.807) is 0 Å². The lowest BCUT2D eigenvalue weighted by atomic mass is 9.74. The molecule has 4 atom stereocenters. The molecule has 29 heavy (non-hydrogen) atoms. The van der Waals surface area contributed by atoms with Gasteiger partial charge in [-0.3, -0.25) is 9.58 Å². The third-order valence-corrected chi connectivity index (χ3v) is 7.67. The van der Waals surface area contributed by atoms with Crippen molar-refractivity contribution in [1.29, 1.82) is 0 Å². The number of nitrogens with zero attached hydrogens (tertiary/aromatic N) is 3. The Labute approximate surface area is 182 Å². The Bertz CT molecular complexity index is 693. The summed E-state index contributed by atoms with van der Waals surface area (Å²) in [5.74, 6) is 2.72. The van der Waals surface area contributed by atoms with Crippen LogP contribution in [0, 0.1) is 11.8 Å². The molecule has 1 aromatic heterocycles. The molecule has 1 aromatic rings. The lowest BCUT2D eigenvalue weighted by molar-refractivity contribution is 0.0302. The number of aromatic nitrogens is 2. The standard InChI is InChI=1S/C23H39N5S/c1-16(2)13-24-23(29)25-14-19-11-18-9-10-28(19)15-20(18)22-12-21(26-27(22)3)17-7-5-4-6-8-17/h12,16-20H,4-11,13-15H2,1-3H3,(H2,24,25,29). The van der Waals surface area contributed by atoms with Gasteiger partial charge in [-0.05, 0) is 62.3 Å². The van der Waals surface area contributed by atoms with Crippen LogP contribution < -0.4 is 10.6 Å². The van der Waals surface area contributed by atoms with Crippen LogP contribution in [0.5, 0.6) is 0 Å². The highest BCUT2D eigenvalue weighted by atomic mass is 32.1. The van der Waals surface area contributed by atoms with E-state index >= 15 is 0 Å². The predicted molar refractivity (Wildman–Crippen MR) is 123 cm³/mol. The van der Waals surface area contributed by atoms with Crippen LogP contribution in [0.4, 0.5) is 0 Å². The first-order valence-electron chi connectivity index (χ1n) is 11.8. The van der Waals surface area contributed by atoms with E-state index in [0.717, 1.165) is 24.1 Å². The molecule has 4 heterocycles. The van der Waals surface area contributed by atoms with Crippen LogP contribution in [-0.4, -0.2) is 52.0 Å². The second kappa shape index (κ2) is 9.34. The summed E-state index contributed by atoms with van der Waals surface area (Å²) in [6.07, 6.45) is 9.40. The van der Waals surface area contributed by atoms with E-state index in [2.05, 4.69) is 47.2 Å². The van der Waals surface area contributed by atoms with Gasteiger partial charge in [0.1, 0.15) is 0 Å². The molecule has 3 aliphatic heterocycles. The fourth-order valence-electron chi connectivity index (χ4n) is 5.71. The smallest absolute Gasteiger partial charge is 0.166 e. The molecule has 2 N–H and O–H groups in total. The molecular formula is C23H39N5S. The van der Waals surface area contributed by atoms with Crippen molar-refractivity contribution >= 4 is 17.3 Å². The average molecular weight is 418 g/mol. The number of thiocarbonyl (C=S) groups is 1. The molecule has 6 heteroatoms. The summed E-state index contributed by atoms with van der Waals surface area (Å²) in [4.78, 5) is 2.69. The average Bonchev–Trinajstić information content (AvgIpc) is 3.13. The van der Waals surface area contributed by atoms with Crippen molar-refractivity contribution < 1.29 is 0 Å². The predicted octanol–water partition coefficient (Wildman–Crippen LogP) is 3.77. The minimum atomic E-state index is 0.606. The van der Waals surface area contributed by atoms with Crippen molar-refractivity contribution in [2.45, 2.75) is 76.7 Å². The zero-order valence-corrected chi connectivity index (χ0v) is 19.3. The third-order valence-electron chi connectivity index (χ3n) is 7.39. The Morgan fingerprint density at radius 1 is 1.21 bits per heavy atom. The van der Waals surface area contributed by atoms with E-state index in [-0.39, 0.29) is 0 Å². The molecule has 4 unspecified atom stereocenters. The van der Waals surface area contributed by atoms with Gasteiger partial charge < -0.3 is 10.6 Å². The molecule has 0 amide bonds. The van der Waals surface area contributed by atoms with Crippen molar-refractivity contribution in [2.24, 2.45) is 18.9 Å². The van der Waals surface area contributed by atoms with Crippen molar-refractivity contribution in [3.05, 3.63) is 17.5 Å². The molecule has 3 saturated heterocycles. The summed E-state index contributed by atoms with van der Waals surface area (Å²) in [6, 6.07) is 3.07. The van der Waals surface area contributed by atoms with Gasteiger partial charge in [-0.15, -0.1) is 0 Å². The van der Waals surface area contributed by atoms with Crippen molar-refractivity contribution in [2.75, 3.05) is 26.2 Å². The van der Waals surface area contributed by atoms with Gasteiger partial charge in [-0.2, -0.15) is 5.10 Å². The number of hydrogen-bond acceptors (Lipinski definition) is 3. The first kappa shape index (κ1) is 21.1. The minimum Gasteiger partial charge on any atom is -0.362 e. The molecule has 5 nitrogen and oxygen atoms in total. The maximum absolute atomic E-state index is 5.46. The van der Waals surface area contributed by atoms with Crippen LogP contribution in [0.3, 0.4) is 0 Å². The zero-order valence-electron chi connectivity index (χ0n) is 18.5. The number of rotatable bonds is 6. The highest BCUT2D eigenvalue weighted by Crippen LogP contribution is 2.42. The third kappa shape index (κ3) is 4.96. The number of nitrogens with one attached hydrogen (secondary N) is 2. The topological polar surface area (TPSA) is 45.1 Å². The molecule has 0 radical (unpaired) electrons. The van der Waals surface area contributed by atoms with E-state index in [1.807, 2.05) is 0 Å². The van der Waals surface area contributed by atoms with E-state index in [4.69, 9.17) is 17.3 Å². The summed E-state index contributed by atoms with van der Waals surface area (Å²) in [5.41, 5.74) is 2.83. The van der Waals surface area contributed by atoms with E-state index in [0.29, 0.717) is 23.8 Å². The fourth-order valence-corrected chi connectivity index (χ4v) is 5.87.